The first-order valence-corrected chi connectivity index (χ1v) is 8.79. The summed E-state index contributed by atoms with van der Waals surface area (Å²) in [6.45, 7) is 5.86. The number of hydrazone groups is 1. The average molecular weight is 339 g/mol. The molecule has 2 aromatic rings. The fourth-order valence-electron chi connectivity index (χ4n) is 3.47. The molecule has 0 bridgehead atoms. The van der Waals surface area contributed by atoms with E-state index in [1.807, 2.05) is 55.8 Å². The molecule has 6 heteroatoms. The van der Waals surface area contributed by atoms with Gasteiger partial charge < -0.3 is 5.32 Å². The minimum Gasteiger partial charge on any atom is -0.334 e. The van der Waals surface area contributed by atoms with Crippen LogP contribution in [-0.2, 0) is 0 Å². The van der Waals surface area contributed by atoms with Gasteiger partial charge in [-0.25, -0.2) is 14.9 Å². The molecule has 2 amide bonds. The lowest BCUT2D eigenvalue weighted by atomic mass is 10.1. The zero-order valence-electron chi connectivity index (χ0n) is 15.0. The van der Waals surface area contributed by atoms with E-state index >= 15 is 0 Å². The smallest absolute Gasteiger partial charge is 0.334 e. The number of aryl methyl sites for hydroxylation is 1. The number of para-hydroxylation sites is 1. The van der Waals surface area contributed by atoms with Crippen LogP contribution in [0.5, 0.6) is 0 Å². The molecule has 1 fully saturated rings. The maximum absolute atomic E-state index is 12.0. The summed E-state index contributed by atoms with van der Waals surface area (Å²) in [5.74, 6) is 0. The van der Waals surface area contributed by atoms with Crippen molar-refractivity contribution in [3.8, 4) is 5.69 Å². The van der Waals surface area contributed by atoms with Gasteiger partial charge in [0, 0.05) is 11.6 Å². The summed E-state index contributed by atoms with van der Waals surface area (Å²) in [7, 11) is 0. The molecule has 0 aliphatic heterocycles. The van der Waals surface area contributed by atoms with Gasteiger partial charge in [-0.3, -0.25) is 0 Å². The number of hydrogen-bond donors (Lipinski definition) is 2. The van der Waals surface area contributed by atoms with Crippen LogP contribution in [0.1, 0.15) is 49.6 Å². The van der Waals surface area contributed by atoms with Gasteiger partial charge >= 0.3 is 6.03 Å². The highest BCUT2D eigenvalue weighted by Gasteiger charge is 2.18. The number of hydrogen-bond acceptors (Lipinski definition) is 3. The van der Waals surface area contributed by atoms with Crippen LogP contribution in [0.25, 0.3) is 5.69 Å². The molecule has 1 heterocycles. The molecule has 0 saturated heterocycles. The lowest BCUT2D eigenvalue weighted by molar-refractivity contribution is 0.237. The molecule has 0 unspecified atom stereocenters. The highest BCUT2D eigenvalue weighted by atomic mass is 16.2. The van der Waals surface area contributed by atoms with Crippen LogP contribution in [0, 0.1) is 13.8 Å². The first-order chi connectivity index (χ1) is 12.1. The Morgan fingerprint density at radius 3 is 2.56 bits per heavy atom. The number of nitrogens with one attached hydrogen (secondary N) is 2. The Balaban J connectivity index is 1.74. The number of carbonyl (C=O) groups is 1. The van der Waals surface area contributed by atoms with E-state index in [1.54, 1.807) is 0 Å². The number of urea groups is 1. The molecule has 1 aliphatic carbocycles. The first kappa shape index (κ1) is 17.2. The molecule has 3 rings (SSSR count). The Morgan fingerprint density at radius 2 is 1.88 bits per heavy atom. The predicted molar refractivity (Wildman–Crippen MR) is 99.2 cm³/mol. The molecular weight excluding hydrogens is 314 g/mol. The third kappa shape index (κ3) is 3.90. The zero-order chi connectivity index (χ0) is 17.8. The summed E-state index contributed by atoms with van der Waals surface area (Å²) in [4.78, 5) is 12.0. The second-order valence-electron chi connectivity index (χ2n) is 6.56. The normalized spacial score (nSPS) is 15.4. The lowest BCUT2D eigenvalue weighted by Gasteiger charge is -2.11. The zero-order valence-corrected chi connectivity index (χ0v) is 15.0. The van der Waals surface area contributed by atoms with Crippen LogP contribution in [-0.4, -0.2) is 27.6 Å². The molecule has 0 spiro atoms. The fraction of sp³-hybridized carbons (Fsp3) is 0.421. The van der Waals surface area contributed by atoms with Crippen molar-refractivity contribution in [3.05, 3.63) is 47.3 Å². The number of nitrogens with zero attached hydrogens (tertiary/aromatic N) is 3. The van der Waals surface area contributed by atoms with Crippen molar-refractivity contribution in [2.24, 2.45) is 5.10 Å². The van der Waals surface area contributed by atoms with E-state index in [2.05, 4.69) is 20.9 Å². The van der Waals surface area contributed by atoms with Crippen LogP contribution in [0.2, 0.25) is 0 Å². The van der Waals surface area contributed by atoms with Crippen LogP contribution in [0.15, 0.2) is 35.4 Å². The van der Waals surface area contributed by atoms with Crippen molar-refractivity contribution in [3.63, 3.8) is 0 Å². The van der Waals surface area contributed by atoms with E-state index < -0.39 is 0 Å². The van der Waals surface area contributed by atoms with Gasteiger partial charge in [0.2, 0.25) is 0 Å². The van der Waals surface area contributed by atoms with Gasteiger partial charge in [-0.1, -0.05) is 31.0 Å². The number of carbonyl (C=O) groups excluding carboxylic acids is 1. The van der Waals surface area contributed by atoms with Gasteiger partial charge in [0.1, 0.15) is 0 Å². The molecule has 1 saturated carbocycles. The van der Waals surface area contributed by atoms with E-state index in [-0.39, 0.29) is 12.1 Å². The fourth-order valence-corrected chi connectivity index (χ4v) is 3.47. The summed E-state index contributed by atoms with van der Waals surface area (Å²) in [6, 6.07) is 10.0. The van der Waals surface area contributed by atoms with Crippen LogP contribution >= 0.6 is 0 Å². The van der Waals surface area contributed by atoms with E-state index in [0.29, 0.717) is 0 Å². The first-order valence-electron chi connectivity index (χ1n) is 8.79. The number of amides is 2. The monoisotopic (exact) mass is 339 g/mol. The molecule has 0 radical (unpaired) electrons. The minimum absolute atomic E-state index is 0.239. The Kier molecular flexibility index (Phi) is 5.16. The molecule has 2 N–H and O–H groups in total. The number of benzene rings is 1. The second-order valence-corrected chi connectivity index (χ2v) is 6.56. The van der Waals surface area contributed by atoms with E-state index in [0.717, 1.165) is 41.2 Å². The van der Waals surface area contributed by atoms with Gasteiger partial charge in [-0.15, -0.1) is 0 Å². The Morgan fingerprint density at radius 1 is 1.20 bits per heavy atom. The number of rotatable bonds is 4. The van der Waals surface area contributed by atoms with Crippen molar-refractivity contribution < 1.29 is 4.79 Å². The van der Waals surface area contributed by atoms with Crippen molar-refractivity contribution in [1.82, 2.24) is 20.5 Å². The minimum atomic E-state index is -0.239. The van der Waals surface area contributed by atoms with Crippen LogP contribution in [0.3, 0.4) is 0 Å². The SMILES string of the molecule is CC(=NNC(=O)NC1CCCC1)c1c(C)nn(-c2ccccc2)c1C. The summed E-state index contributed by atoms with van der Waals surface area (Å²) in [5.41, 5.74) is 7.22. The van der Waals surface area contributed by atoms with Crippen LogP contribution < -0.4 is 10.7 Å². The van der Waals surface area contributed by atoms with E-state index in [1.165, 1.54) is 12.8 Å². The largest absolute Gasteiger partial charge is 0.335 e. The summed E-state index contributed by atoms with van der Waals surface area (Å²) in [5, 5.41) is 11.9. The maximum atomic E-state index is 12.0. The van der Waals surface area contributed by atoms with Gasteiger partial charge in [-0.05, 0) is 45.7 Å². The van der Waals surface area contributed by atoms with Gasteiger partial charge in [0.25, 0.3) is 0 Å². The molecule has 1 aromatic carbocycles. The molecule has 0 atom stereocenters. The van der Waals surface area contributed by atoms with Gasteiger partial charge in [-0.2, -0.15) is 10.2 Å². The third-order valence-electron chi connectivity index (χ3n) is 4.67. The van der Waals surface area contributed by atoms with Gasteiger partial charge in [0.05, 0.1) is 22.8 Å². The topological polar surface area (TPSA) is 71.3 Å². The standard InChI is InChI=1S/C19H25N5O/c1-13(21-22-19(25)20-16-9-7-8-10-16)18-14(2)23-24(15(18)3)17-11-5-4-6-12-17/h4-6,11-12,16H,7-10H2,1-3H3,(H2,20,22,25). The second kappa shape index (κ2) is 7.51. The molecular formula is C19H25N5O. The van der Waals surface area contributed by atoms with Crippen molar-refractivity contribution in [1.29, 1.82) is 0 Å². The number of aromatic nitrogens is 2. The summed E-state index contributed by atoms with van der Waals surface area (Å²) in [6.07, 6.45) is 4.48. The highest BCUT2D eigenvalue weighted by molar-refractivity contribution is 6.01. The highest BCUT2D eigenvalue weighted by Crippen LogP contribution is 2.19. The Bertz CT molecular complexity index is 773. The Labute approximate surface area is 148 Å². The lowest BCUT2D eigenvalue weighted by Crippen LogP contribution is -2.39. The van der Waals surface area contributed by atoms with Crippen molar-refractivity contribution in [2.75, 3.05) is 0 Å². The van der Waals surface area contributed by atoms with Gasteiger partial charge in [0.15, 0.2) is 0 Å². The maximum Gasteiger partial charge on any atom is 0.335 e. The predicted octanol–water partition coefficient (Wildman–Crippen LogP) is 3.45. The Hall–Kier alpha value is -2.63. The molecule has 6 nitrogen and oxygen atoms in total. The molecule has 1 aliphatic rings. The van der Waals surface area contributed by atoms with Crippen LogP contribution in [0.4, 0.5) is 4.79 Å². The summed E-state index contributed by atoms with van der Waals surface area (Å²) < 4.78 is 1.91. The van der Waals surface area contributed by atoms with E-state index in [9.17, 15) is 4.79 Å². The molecule has 25 heavy (non-hydrogen) atoms. The van der Waals surface area contributed by atoms with Crippen molar-refractivity contribution in [2.45, 2.75) is 52.5 Å². The molecule has 1 aromatic heterocycles. The van der Waals surface area contributed by atoms with E-state index in [4.69, 9.17) is 0 Å². The summed E-state index contributed by atoms with van der Waals surface area (Å²) >= 11 is 0. The van der Waals surface area contributed by atoms with Crippen molar-refractivity contribution >= 4 is 11.7 Å². The molecule has 132 valence electrons. The quantitative estimate of drug-likeness (QED) is 0.661. The average Bonchev–Trinajstić information content (AvgIpc) is 3.21. The third-order valence-corrected chi connectivity index (χ3v) is 4.67.